The van der Waals surface area contributed by atoms with Crippen molar-refractivity contribution in [2.45, 2.75) is 6.54 Å². The van der Waals surface area contributed by atoms with Gasteiger partial charge in [-0.05, 0) is 17.7 Å². The van der Waals surface area contributed by atoms with Crippen molar-refractivity contribution < 1.29 is 4.79 Å². The van der Waals surface area contributed by atoms with Gasteiger partial charge in [0.15, 0.2) is 5.96 Å². The van der Waals surface area contributed by atoms with Crippen LogP contribution in [-0.2, 0) is 11.3 Å². The lowest BCUT2D eigenvalue weighted by Crippen LogP contribution is -2.37. The molecule has 0 saturated carbocycles. The molecule has 0 spiro atoms. The monoisotopic (exact) mass is 282 g/mol. The lowest BCUT2D eigenvalue weighted by atomic mass is 10.2. The number of nitrogens with zero attached hydrogens (tertiary/aromatic N) is 1. The number of carbonyl (C=O) groups is 1. The van der Waals surface area contributed by atoms with Crippen LogP contribution >= 0.6 is 0 Å². The zero-order valence-electron chi connectivity index (χ0n) is 11.6. The molecule has 0 heterocycles. The molecule has 0 aliphatic carbocycles. The Balaban J connectivity index is 1.75. The average molecular weight is 282 g/mol. The summed E-state index contributed by atoms with van der Waals surface area (Å²) in [7, 11) is 0. The second-order valence-corrected chi connectivity index (χ2v) is 4.45. The minimum Gasteiger partial charge on any atom is -0.370 e. The largest absolute Gasteiger partial charge is 0.370 e. The fourth-order valence-corrected chi connectivity index (χ4v) is 1.71. The van der Waals surface area contributed by atoms with Crippen molar-refractivity contribution in [2.24, 2.45) is 10.7 Å². The van der Waals surface area contributed by atoms with Crippen molar-refractivity contribution in [2.75, 3.05) is 11.9 Å². The van der Waals surface area contributed by atoms with Gasteiger partial charge in [-0.1, -0.05) is 48.5 Å². The topological polar surface area (TPSA) is 79.5 Å². The highest BCUT2D eigenvalue weighted by Gasteiger charge is 2.02. The van der Waals surface area contributed by atoms with Gasteiger partial charge in [-0.25, -0.2) is 4.99 Å². The van der Waals surface area contributed by atoms with Gasteiger partial charge in [0.25, 0.3) is 0 Å². The summed E-state index contributed by atoms with van der Waals surface area (Å²) in [6, 6.07) is 19.0. The maximum absolute atomic E-state index is 11.7. The van der Waals surface area contributed by atoms with Crippen molar-refractivity contribution in [1.29, 1.82) is 0 Å². The molecule has 21 heavy (non-hydrogen) atoms. The van der Waals surface area contributed by atoms with Crippen LogP contribution in [0.4, 0.5) is 5.69 Å². The number of hydrogen-bond donors (Lipinski definition) is 3. The first-order valence-electron chi connectivity index (χ1n) is 6.66. The summed E-state index contributed by atoms with van der Waals surface area (Å²) in [5, 5.41) is 5.55. The highest BCUT2D eigenvalue weighted by Crippen LogP contribution is 2.04. The lowest BCUT2D eigenvalue weighted by molar-refractivity contribution is -0.115. The van der Waals surface area contributed by atoms with Crippen LogP contribution < -0.4 is 16.4 Å². The van der Waals surface area contributed by atoms with Crippen LogP contribution in [0.1, 0.15) is 5.56 Å². The second kappa shape index (κ2) is 7.69. The number of carbonyl (C=O) groups excluding carboxylic acids is 1. The fourth-order valence-electron chi connectivity index (χ4n) is 1.71. The Morgan fingerprint density at radius 1 is 1.00 bits per heavy atom. The molecule has 0 atom stereocenters. The van der Waals surface area contributed by atoms with Crippen LogP contribution in [0.5, 0.6) is 0 Å². The molecule has 0 saturated heterocycles. The van der Waals surface area contributed by atoms with Crippen molar-refractivity contribution in [3.05, 3.63) is 66.2 Å². The number of nitrogens with one attached hydrogen (secondary N) is 2. The van der Waals surface area contributed by atoms with E-state index in [2.05, 4.69) is 15.6 Å². The van der Waals surface area contributed by atoms with Gasteiger partial charge < -0.3 is 16.4 Å². The van der Waals surface area contributed by atoms with Crippen LogP contribution in [-0.4, -0.2) is 18.4 Å². The summed E-state index contributed by atoms with van der Waals surface area (Å²) >= 11 is 0. The van der Waals surface area contributed by atoms with E-state index in [4.69, 9.17) is 5.73 Å². The van der Waals surface area contributed by atoms with Crippen LogP contribution in [0.3, 0.4) is 0 Å². The van der Waals surface area contributed by atoms with E-state index in [1.54, 1.807) is 0 Å². The molecular weight excluding hydrogens is 264 g/mol. The number of rotatable bonds is 5. The number of anilines is 1. The molecule has 2 aromatic rings. The number of para-hydroxylation sites is 1. The number of amides is 1. The average Bonchev–Trinajstić information content (AvgIpc) is 2.53. The van der Waals surface area contributed by atoms with E-state index in [1.807, 2.05) is 60.7 Å². The molecule has 0 unspecified atom stereocenters. The first-order valence-corrected chi connectivity index (χ1v) is 6.66. The predicted octanol–water partition coefficient (Wildman–Crippen LogP) is 1.73. The van der Waals surface area contributed by atoms with E-state index in [-0.39, 0.29) is 18.4 Å². The number of benzene rings is 2. The van der Waals surface area contributed by atoms with E-state index in [9.17, 15) is 4.79 Å². The van der Waals surface area contributed by atoms with Gasteiger partial charge in [0.05, 0.1) is 13.1 Å². The van der Waals surface area contributed by atoms with E-state index >= 15 is 0 Å². The Labute approximate surface area is 123 Å². The van der Waals surface area contributed by atoms with Gasteiger partial charge in [-0.3, -0.25) is 4.79 Å². The molecule has 5 heteroatoms. The van der Waals surface area contributed by atoms with E-state index in [0.717, 1.165) is 11.3 Å². The number of nitrogens with two attached hydrogens (primary N) is 1. The van der Waals surface area contributed by atoms with Crippen LogP contribution in [0.2, 0.25) is 0 Å². The maximum Gasteiger partial charge on any atom is 0.243 e. The maximum atomic E-state index is 11.7. The molecule has 0 radical (unpaired) electrons. The quantitative estimate of drug-likeness (QED) is 0.577. The molecule has 0 aliphatic rings. The van der Waals surface area contributed by atoms with E-state index < -0.39 is 0 Å². The van der Waals surface area contributed by atoms with Gasteiger partial charge in [0.2, 0.25) is 5.91 Å². The molecule has 0 aromatic heterocycles. The summed E-state index contributed by atoms with van der Waals surface area (Å²) < 4.78 is 0. The number of guanidine groups is 1. The third kappa shape index (κ3) is 5.36. The lowest BCUT2D eigenvalue weighted by Gasteiger charge is -2.07. The third-order valence-corrected chi connectivity index (χ3v) is 2.76. The van der Waals surface area contributed by atoms with Crippen molar-refractivity contribution in [3.8, 4) is 0 Å². The number of aliphatic imine (C=N–C) groups is 1. The smallest absolute Gasteiger partial charge is 0.243 e. The Hall–Kier alpha value is -2.82. The van der Waals surface area contributed by atoms with Crippen LogP contribution in [0.25, 0.3) is 0 Å². The highest BCUT2D eigenvalue weighted by molar-refractivity contribution is 5.94. The SMILES string of the molecule is NC(=NCc1ccccc1)NCC(=O)Nc1ccccc1. The van der Waals surface area contributed by atoms with Gasteiger partial charge in [0, 0.05) is 5.69 Å². The summed E-state index contributed by atoms with van der Waals surface area (Å²) in [6.45, 7) is 0.568. The van der Waals surface area contributed by atoms with Crippen LogP contribution in [0, 0.1) is 0 Å². The zero-order valence-corrected chi connectivity index (χ0v) is 11.6. The van der Waals surface area contributed by atoms with Crippen molar-refractivity contribution in [3.63, 3.8) is 0 Å². The van der Waals surface area contributed by atoms with Crippen molar-refractivity contribution >= 4 is 17.6 Å². The predicted molar refractivity (Wildman–Crippen MR) is 84.8 cm³/mol. The Kier molecular flexibility index (Phi) is 5.34. The number of hydrogen-bond acceptors (Lipinski definition) is 2. The summed E-state index contributed by atoms with van der Waals surface area (Å²) in [6.07, 6.45) is 0. The third-order valence-electron chi connectivity index (χ3n) is 2.76. The molecule has 1 amide bonds. The fraction of sp³-hybridized carbons (Fsp3) is 0.125. The Morgan fingerprint density at radius 3 is 2.29 bits per heavy atom. The van der Waals surface area contributed by atoms with Gasteiger partial charge >= 0.3 is 0 Å². The first-order chi connectivity index (χ1) is 10.2. The molecular formula is C16H18N4O. The van der Waals surface area contributed by atoms with E-state index in [0.29, 0.717) is 6.54 Å². The molecule has 2 aromatic carbocycles. The molecule has 2 rings (SSSR count). The van der Waals surface area contributed by atoms with Crippen molar-refractivity contribution in [1.82, 2.24) is 5.32 Å². The molecule has 0 bridgehead atoms. The molecule has 108 valence electrons. The van der Waals surface area contributed by atoms with Gasteiger partial charge in [0.1, 0.15) is 0 Å². The van der Waals surface area contributed by atoms with E-state index in [1.165, 1.54) is 0 Å². The highest BCUT2D eigenvalue weighted by atomic mass is 16.1. The molecule has 0 aliphatic heterocycles. The standard InChI is InChI=1S/C16H18N4O/c17-16(18-11-13-7-3-1-4-8-13)19-12-15(21)20-14-9-5-2-6-10-14/h1-10H,11-12H2,(H,20,21)(H3,17,18,19). The zero-order chi connectivity index (χ0) is 14.9. The Bertz CT molecular complexity index is 596. The van der Waals surface area contributed by atoms with Gasteiger partial charge in [-0.2, -0.15) is 0 Å². The minimum atomic E-state index is -0.168. The van der Waals surface area contributed by atoms with Gasteiger partial charge in [-0.15, -0.1) is 0 Å². The summed E-state index contributed by atoms with van der Waals surface area (Å²) in [4.78, 5) is 15.9. The normalized spacial score (nSPS) is 11.0. The Morgan fingerprint density at radius 2 is 1.62 bits per heavy atom. The molecule has 5 nitrogen and oxygen atoms in total. The second-order valence-electron chi connectivity index (χ2n) is 4.45. The molecule has 4 N–H and O–H groups in total. The summed E-state index contributed by atoms with van der Waals surface area (Å²) in [5.41, 5.74) is 7.54. The first kappa shape index (κ1) is 14.6. The summed E-state index contributed by atoms with van der Waals surface area (Å²) in [5.74, 6) is 0.0844. The minimum absolute atomic E-state index is 0.0824. The molecule has 0 fully saturated rings. The van der Waals surface area contributed by atoms with Crippen LogP contribution in [0.15, 0.2) is 65.7 Å².